The average Bonchev–Trinajstić information content (AvgIpc) is 2.99. The molecule has 0 saturated carbocycles. The van der Waals surface area contributed by atoms with Crippen molar-refractivity contribution in [2.24, 2.45) is 0 Å². The molecule has 0 saturated heterocycles. The van der Waals surface area contributed by atoms with E-state index in [4.69, 9.17) is 44.3 Å². The smallest absolute Gasteiger partial charge is 0.231 e. The summed E-state index contributed by atoms with van der Waals surface area (Å²) < 4.78 is 11.8. The van der Waals surface area contributed by atoms with Gasteiger partial charge in [0.2, 0.25) is 5.78 Å². The Morgan fingerprint density at radius 3 is 2.45 bits per heavy atom. The maximum Gasteiger partial charge on any atom is 0.231 e. The summed E-state index contributed by atoms with van der Waals surface area (Å²) >= 11 is 18.4. The van der Waals surface area contributed by atoms with Gasteiger partial charge in [0.05, 0.1) is 5.56 Å². The molecule has 1 aliphatic heterocycles. The molecule has 0 aliphatic carbocycles. The van der Waals surface area contributed by atoms with Crippen LogP contribution in [0.3, 0.4) is 0 Å². The lowest BCUT2D eigenvalue weighted by Gasteiger charge is -2.13. The number of halogens is 3. The molecule has 29 heavy (non-hydrogen) atoms. The van der Waals surface area contributed by atoms with Gasteiger partial charge in [-0.3, -0.25) is 4.79 Å². The lowest BCUT2D eigenvalue weighted by atomic mass is 10.1. The van der Waals surface area contributed by atoms with Crippen molar-refractivity contribution in [3.05, 3.63) is 97.7 Å². The predicted octanol–water partition coefficient (Wildman–Crippen LogP) is 7.15. The average molecular weight is 446 g/mol. The highest BCUT2D eigenvalue weighted by molar-refractivity contribution is 6.36. The van der Waals surface area contributed by atoms with E-state index in [1.807, 2.05) is 19.1 Å². The quantitative estimate of drug-likeness (QED) is 0.400. The van der Waals surface area contributed by atoms with Crippen LogP contribution in [0.15, 0.2) is 60.4 Å². The second-order valence-electron chi connectivity index (χ2n) is 6.55. The summed E-state index contributed by atoms with van der Waals surface area (Å²) in [5.74, 6) is 1.16. The summed E-state index contributed by atoms with van der Waals surface area (Å²) in [4.78, 5) is 12.7. The number of ketones is 1. The third-order valence-electron chi connectivity index (χ3n) is 4.62. The molecule has 0 unspecified atom stereocenters. The number of allylic oxidation sites excluding steroid dienone is 1. The minimum atomic E-state index is -0.177. The van der Waals surface area contributed by atoms with Crippen molar-refractivity contribution in [2.75, 3.05) is 0 Å². The van der Waals surface area contributed by atoms with Crippen molar-refractivity contribution in [1.82, 2.24) is 0 Å². The lowest BCUT2D eigenvalue weighted by Crippen LogP contribution is -2.00. The first kappa shape index (κ1) is 19.8. The summed E-state index contributed by atoms with van der Waals surface area (Å²) in [5, 5.41) is 1.66. The van der Waals surface area contributed by atoms with Crippen LogP contribution in [-0.4, -0.2) is 5.78 Å². The van der Waals surface area contributed by atoms with E-state index < -0.39 is 0 Å². The maximum atomic E-state index is 12.7. The number of Topliss-reactive ketones (excluding diaryl/α,β-unsaturated/α-hetero) is 1. The molecule has 1 aliphatic rings. The Hall–Kier alpha value is -2.46. The molecule has 0 N–H and O–H groups in total. The van der Waals surface area contributed by atoms with Gasteiger partial charge < -0.3 is 9.47 Å². The van der Waals surface area contributed by atoms with Crippen LogP contribution in [0.2, 0.25) is 15.1 Å². The number of ether oxygens (including phenoxy) is 2. The van der Waals surface area contributed by atoms with Crippen molar-refractivity contribution in [3.63, 3.8) is 0 Å². The Kier molecular flexibility index (Phi) is 5.55. The minimum Gasteiger partial charge on any atom is -0.488 e. The van der Waals surface area contributed by atoms with Crippen LogP contribution in [0.1, 0.15) is 27.0 Å². The number of fused-ring (bicyclic) bond motifs is 1. The lowest BCUT2D eigenvalue weighted by molar-refractivity contribution is 0.101. The molecule has 0 radical (unpaired) electrons. The molecule has 0 atom stereocenters. The van der Waals surface area contributed by atoms with Gasteiger partial charge in [-0.25, -0.2) is 0 Å². The van der Waals surface area contributed by atoms with Crippen LogP contribution < -0.4 is 9.47 Å². The zero-order valence-corrected chi connectivity index (χ0v) is 17.6. The topological polar surface area (TPSA) is 35.5 Å². The highest BCUT2D eigenvalue weighted by atomic mass is 35.5. The van der Waals surface area contributed by atoms with E-state index in [2.05, 4.69) is 0 Å². The molecule has 0 spiro atoms. The Morgan fingerprint density at radius 2 is 1.72 bits per heavy atom. The highest BCUT2D eigenvalue weighted by Crippen LogP contribution is 2.40. The van der Waals surface area contributed by atoms with Crippen molar-refractivity contribution >= 4 is 46.7 Å². The van der Waals surface area contributed by atoms with Gasteiger partial charge >= 0.3 is 0 Å². The van der Waals surface area contributed by atoms with Crippen LogP contribution in [0, 0.1) is 6.92 Å². The molecule has 1 heterocycles. The van der Waals surface area contributed by atoms with E-state index >= 15 is 0 Å². The molecular formula is C23H15Cl3O3. The monoisotopic (exact) mass is 444 g/mol. The summed E-state index contributed by atoms with van der Waals surface area (Å²) in [6, 6.07) is 16.0. The van der Waals surface area contributed by atoms with E-state index in [1.54, 1.807) is 48.5 Å². The van der Waals surface area contributed by atoms with Crippen LogP contribution in [0.5, 0.6) is 11.5 Å². The van der Waals surface area contributed by atoms with Gasteiger partial charge in [-0.05, 0) is 55.0 Å². The van der Waals surface area contributed by atoms with Gasteiger partial charge in [0.25, 0.3) is 0 Å². The van der Waals surface area contributed by atoms with Crippen molar-refractivity contribution < 1.29 is 14.3 Å². The number of hydrogen-bond acceptors (Lipinski definition) is 3. The largest absolute Gasteiger partial charge is 0.488 e. The van der Waals surface area contributed by atoms with Crippen LogP contribution in [0.4, 0.5) is 0 Å². The van der Waals surface area contributed by atoms with Crippen molar-refractivity contribution in [3.8, 4) is 11.5 Å². The SMILES string of the molecule is Cc1c(OCc2c(Cl)cccc2Cl)ccc2c1O/C(=C\c1cccc(Cl)c1)C2=O. The van der Waals surface area contributed by atoms with E-state index in [0.29, 0.717) is 37.7 Å². The second-order valence-corrected chi connectivity index (χ2v) is 7.80. The van der Waals surface area contributed by atoms with Crippen LogP contribution >= 0.6 is 34.8 Å². The predicted molar refractivity (Wildman–Crippen MR) is 116 cm³/mol. The van der Waals surface area contributed by atoms with Gasteiger partial charge in [-0.15, -0.1) is 0 Å². The molecular weight excluding hydrogens is 431 g/mol. The zero-order chi connectivity index (χ0) is 20.5. The first-order valence-electron chi connectivity index (χ1n) is 8.83. The van der Waals surface area contributed by atoms with Crippen molar-refractivity contribution in [2.45, 2.75) is 13.5 Å². The normalized spacial score (nSPS) is 14.1. The summed E-state index contributed by atoms with van der Waals surface area (Å²) in [7, 11) is 0. The van der Waals surface area contributed by atoms with E-state index in [0.717, 1.165) is 11.1 Å². The Balaban J connectivity index is 1.60. The molecule has 0 fully saturated rings. The van der Waals surface area contributed by atoms with Gasteiger partial charge in [0.1, 0.15) is 18.1 Å². The number of hydrogen-bond donors (Lipinski definition) is 0. The Morgan fingerprint density at radius 1 is 1.00 bits per heavy atom. The van der Waals surface area contributed by atoms with E-state index in [-0.39, 0.29) is 18.1 Å². The standard InChI is InChI=1S/C23H15Cl3O3/c1-13-20(28-12-17-18(25)6-3-7-19(17)26)9-8-16-22(27)21(29-23(13)16)11-14-4-2-5-15(24)10-14/h2-11H,12H2,1H3/b21-11-. The highest BCUT2D eigenvalue weighted by Gasteiger charge is 2.30. The third kappa shape index (κ3) is 3.99. The zero-order valence-electron chi connectivity index (χ0n) is 15.3. The second kappa shape index (κ2) is 8.11. The number of carbonyl (C=O) groups excluding carboxylic acids is 1. The first-order chi connectivity index (χ1) is 13.9. The summed E-state index contributed by atoms with van der Waals surface area (Å²) in [6.45, 7) is 2.05. The fourth-order valence-electron chi connectivity index (χ4n) is 3.09. The molecule has 3 aromatic carbocycles. The molecule has 0 aromatic heterocycles. The van der Waals surface area contributed by atoms with Crippen LogP contribution in [0.25, 0.3) is 6.08 Å². The molecule has 6 heteroatoms. The molecule has 146 valence electrons. The fourth-order valence-corrected chi connectivity index (χ4v) is 3.80. The number of rotatable bonds is 4. The van der Waals surface area contributed by atoms with Crippen LogP contribution in [-0.2, 0) is 6.61 Å². The number of benzene rings is 3. The van der Waals surface area contributed by atoms with Crippen molar-refractivity contribution in [1.29, 1.82) is 0 Å². The molecule has 0 bridgehead atoms. The van der Waals surface area contributed by atoms with Gasteiger partial charge in [-0.1, -0.05) is 53.0 Å². The molecule has 3 aromatic rings. The third-order valence-corrected chi connectivity index (χ3v) is 5.56. The maximum absolute atomic E-state index is 12.7. The van der Waals surface area contributed by atoms with Gasteiger partial charge in [0, 0.05) is 26.2 Å². The summed E-state index contributed by atoms with van der Waals surface area (Å²) in [6.07, 6.45) is 1.68. The fraction of sp³-hybridized carbons (Fsp3) is 0.0870. The number of carbonyl (C=O) groups is 1. The molecule has 4 rings (SSSR count). The van der Waals surface area contributed by atoms with Gasteiger partial charge in [-0.2, -0.15) is 0 Å². The Labute approximate surface area is 183 Å². The Bertz CT molecular complexity index is 1130. The molecule has 3 nitrogen and oxygen atoms in total. The first-order valence-corrected chi connectivity index (χ1v) is 9.96. The summed E-state index contributed by atoms with van der Waals surface area (Å²) in [5.41, 5.74) is 2.72. The van der Waals surface area contributed by atoms with E-state index in [1.165, 1.54) is 0 Å². The minimum absolute atomic E-state index is 0.177. The van der Waals surface area contributed by atoms with Gasteiger partial charge in [0.15, 0.2) is 5.76 Å². The molecule has 0 amide bonds. The van der Waals surface area contributed by atoms with E-state index in [9.17, 15) is 4.79 Å².